The van der Waals surface area contributed by atoms with Gasteiger partial charge in [0.25, 0.3) is 0 Å². The van der Waals surface area contributed by atoms with E-state index in [2.05, 4.69) is 12.2 Å². The van der Waals surface area contributed by atoms with Crippen LogP contribution in [0.3, 0.4) is 0 Å². The molecule has 1 amide bonds. The largest absolute Gasteiger partial charge is 0.348 e. The lowest BCUT2D eigenvalue weighted by Gasteiger charge is -2.43. The standard InChI is InChI=1S/C14H26N2OS/c1-11-6-2-4-8-14(11,10-15)16-13(17)12-7-3-5-9-18-12/h11-12H,2-10,15H2,1H3,(H,16,17). The number of carbonyl (C=O) groups excluding carboxylic acids is 1. The van der Waals surface area contributed by atoms with Gasteiger partial charge in [0.1, 0.15) is 0 Å². The third-order valence-corrected chi connectivity index (χ3v) is 6.04. The molecule has 3 nitrogen and oxygen atoms in total. The molecular formula is C14H26N2OS. The second-order valence-electron chi connectivity index (χ2n) is 5.85. The summed E-state index contributed by atoms with van der Waals surface area (Å²) in [5.41, 5.74) is 5.85. The maximum atomic E-state index is 12.4. The molecule has 1 aliphatic heterocycles. The molecule has 3 unspecified atom stereocenters. The van der Waals surface area contributed by atoms with E-state index in [9.17, 15) is 4.79 Å². The van der Waals surface area contributed by atoms with Crippen molar-refractivity contribution in [2.24, 2.45) is 11.7 Å². The zero-order valence-corrected chi connectivity index (χ0v) is 12.2. The second kappa shape index (κ2) is 6.29. The first-order valence-corrected chi connectivity index (χ1v) is 8.36. The summed E-state index contributed by atoms with van der Waals surface area (Å²) < 4.78 is 0. The van der Waals surface area contributed by atoms with E-state index in [4.69, 9.17) is 5.73 Å². The van der Waals surface area contributed by atoms with E-state index in [0.717, 1.165) is 18.6 Å². The van der Waals surface area contributed by atoms with E-state index in [-0.39, 0.29) is 16.7 Å². The first-order chi connectivity index (χ1) is 8.68. The van der Waals surface area contributed by atoms with Crippen molar-refractivity contribution in [1.29, 1.82) is 0 Å². The summed E-state index contributed by atoms with van der Waals surface area (Å²) in [7, 11) is 0. The van der Waals surface area contributed by atoms with Gasteiger partial charge in [0.15, 0.2) is 0 Å². The first kappa shape index (κ1) is 14.2. The highest BCUT2D eigenvalue weighted by Gasteiger charge is 2.39. The predicted octanol–water partition coefficient (Wildman–Crippen LogP) is 2.30. The quantitative estimate of drug-likeness (QED) is 0.827. The Labute approximate surface area is 115 Å². The molecule has 0 aromatic carbocycles. The van der Waals surface area contributed by atoms with Crippen LogP contribution in [-0.4, -0.2) is 29.0 Å². The van der Waals surface area contributed by atoms with Gasteiger partial charge in [0.05, 0.1) is 10.8 Å². The summed E-state index contributed by atoms with van der Waals surface area (Å²) in [5.74, 6) is 1.87. The number of nitrogens with one attached hydrogen (secondary N) is 1. The molecular weight excluding hydrogens is 244 g/mol. The lowest BCUT2D eigenvalue weighted by molar-refractivity contribution is -0.123. The number of hydrogen-bond acceptors (Lipinski definition) is 3. The minimum Gasteiger partial charge on any atom is -0.348 e. The fourth-order valence-electron chi connectivity index (χ4n) is 3.23. The summed E-state index contributed by atoms with van der Waals surface area (Å²) in [5, 5.41) is 3.48. The number of thioether (sulfide) groups is 1. The van der Waals surface area contributed by atoms with Crippen LogP contribution >= 0.6 is 11.8 Å². The van der Waals surface area contributed by atoms with Crippen molar-refractivity contribution >= 4 is 17.7 Å². The van der Waals surface area contributed by atoms with Crippen LogP contribution in [0.2, 0.25) is 0 Å². The van der Waals surface area contributed by atoms with Crippen LogP contribution in [0.5, 0.6) is 0 Å². The summed E-state index contributed by atoms with van der Waals surface area (Å²) in [6.07, 6.45) is 8.19. The van der Waals surface area contributed by atoms with Gasteiger partial charge < -0.3 is 11.1 Å². The smallest absolute Gasteiger partial charge is 0.233 e. The summed E-state index contributed by atoms with van der Waals surface area (Å²) >= 11 is 1.82. The third-order valence-electron chi connectivity index (χ3n) is 4.66. The molecule has 2 rings (SSSR count). The van der Waals surface area contributed by atoms with Crippen molar-refractivity contribution in [1.82, 2.24) is 5.32 Å². The minimum atomic E-state index is -0.132. The first-order valence-electron chi connectivity index (χ1n) is 7.32. The van der Waals surface area contributed by atoms with Crippen molar-refractivity contribution in [3.8, 4) is 0 Å². The van der Waals surface area contributed by atoms with Crippen molar-refractivity contribution < 1.29 is 4.79 Å². The zero-order chi connectivity index (χ0) is 13.0. The Bertz CT molecular complexity index is 292. The topological polar surface area (TPSA) is 55.1 Å². The van der Waals surface area contributed by atoms with E-state index in [1.54, 1.807) is 0 Å². The fourth-order valence-corrected chi connectivity index (χ4v) is 4.43. The minimum absolute atomic E-state index is 0.132. The molecule has 0 bridgehead atoms. The Balaban J connectivity index is 1.98. The maximum Gasteiger partial charge on any atom is 0.233 e. The highest BCUT2D eigenvalue weighted by Crippen LogP contribution is 2.34. The molecule has 0 aromatic rings. The van der Waals surface area contributed by atoms with Gasteiger partial charge in [-0.1, -0.05) is 26.2 Å². The summed E-state index contributed by atoms with van der Waals surface area (Å²) in [6, 6.07) is 0. The molecule has 0 aromatic heterocycles. The SMILES string of the molecule is CC1CCCCC1(CN)NC(=O)C1CCCCS1. The average molecular weight is 270 g/mol. The number of amides is 1. The number of hydrogen-bond donors (Lipinski definition) is 2. The second-order valence-corrected chi connectivity index (χ2v) is 7.16. The van der Waals surface area contributed by atoms with Gasteiger partial charge in [-0.2, -0.15) is 0 Å². The van der Waals surface area contributed by atoms with Crippen LogP contribution in [0.1, 0.15) is 51.9 Å². The van der Waals surface area contributed by atoms with Crippen molar-refractivity contribution in [2.75, 3.05) is 12.3 Å². The van der Waals surface area contributed by atoms with E-state index in [0.29, 0.717) is 12.5 Å². The Hall–Kier alpha value is -0.220. The van der Waals surface area contributed by atoms with Gasteiger partial charge in [-0.3, -0.25) is 4.79 Å². The van der Waals surface area contributed by atoms with Crippen LogP contribution in [0.15, 0.2) is 0 Å². The highest BCUT2D eigenvalue weighted by molar-refractivity contribution is 8.00. The Morgan fingerprint density at radius 2 is 2.11 bits per heavy atom. The molecule has 4 heteroatoms. The van der Waals surface area contributed by atoms with Crippen molar-refractivity contribution in [3.05, 3.63) is 0 Å². The molecule has 2 fully saturated rings. The van der Waals surface area contributed by atoms with Gasteiger partial charge in [-0.05, 0) is 37.4 Å². The molecule has 3 atom stereocenters. The van der Waals surface area contributed by atoms with Gasteiger partial charge in [0, 0.05) is 6.54 Å². The Kier molecular flexibility index (Phi) is 4.96. The molecule has 0 spiro atoms. The lowest BCUT2D eigenvalue weighted by atomic mass is 9.73. The normalized spacial score (nSPS) is 37.2. The van der Waals surface area contributed by atoms with Crippen LogP contribution in [0.4, 0.5) is 0 Å². The molecule has 3 N–H and O–H groups in total. The monoisotopic (exact) mass is 270 g/mol. The Morgan fingerprint density at radius 1 is 1.33 bits per heavy atom. The van der Waals surface area contributed by atoms with Crippen LogP contribution in [0, 0.1) is 5.92 Å². The van der Waals surface area contributed by atoms with Gasteiger partial charge in [-0.25, -0.2) is 0 Å². The molecule has 1 heterocycles. The van der Waals surface area contributed by atoms with E-state index < -0.39 is 0 Å². The zero-order valence-electron chi connectivity index (χ0n) is 11.4. The molecule has 18 heavy (non-hydrogen) atoms. The number of rotatable bonds is 3. The maximum absolute atomic E-state index is 12.4. The van der Waals surface area contributed by atoms with Crippen LogP contribution in [0.25, 0.3) is 0 Å². The number of nitrogens with two attached hydrogens (primary N) is 1. The van der Waals surface area contributed by atoms with E-state index >= 15 is 0 Å². The number of carbonyl (C=O) groups is 1. The van der Waals surface area contributed by atoms with Gasteiger partial charge >= 0.3 is 0 Å². The summed E-state index contributed by atoms with van der Waals surface area (Å²) in [6.45, 7) is 2.82. The van der Waals surface area contributed by atoms with Crippen LogP contribution in [-0.2, 0) is 4.79 Å². The predicted molar refractivity (Wildman–Crippen MR) is 77.7 cm³/mol. The van der Waals surface area contributed by atoms with Crippen LogP contribution < -0.4 is 11.1 Å². The molecule has 104 valence electrons. The van der Waals surface area contributed by atoms with Gasteiger partial charge in [0.2, 0.25) is 5.91 Å². The molecule has 0 radical (unpaired) electrons. The van der Waals surface area contributed by atoms with Crippen molar-refractivity contribution in [2.45, 2.75) is 62.7 Å². The Morgan fingerprint density at radius 3 is 2.72 bits per heavy atom. The average Bonchev–Trinajstić information content (AvgIpc) is 2.42. The van der Waals surface area contributed by atoms with E-state index in [1.165, 1.54) is 32.1 Å². The molecule has 1 saturated heterocycles. The van der Waals surface area contributed by atoms with Crippen molar-refractivity contribution in [3.63, 3.8) is 0 Å². The summed E-state index contributed by atoms with van der Waals surface area (Å²) in [4.78, 5) is 12.4. The lowest BCUT2D eigenvalue weighted by Crippen LogP contribution is -2.60. The third kappa shape index (κ3) is 3.02. The molecule has 1 aliphatic carbocycles. The fraction of sp³-hybridized carbons (Fsp3) is 0.929. The molecule has 2 aliphatic rings. The highest BCUT2D eigenvalue weighted by atomic mass is 32.2. The van der Waals surface area contributed by atoms with Gasteiger partial charge in [-0.15, -0.1) is 11.8 Å². The molecule has 1 saturated carbocycles. The van der Waals surface area contributed by atoms with E-state index in [1.807, 2.05) is 11.8 Å².